The number of ether oxygens (including phenoxy) is 2. The molecule has 0 heterocycles. The summed E-state index contributed by atoms with van der Waals surface area (Å²) < 4.78 is 62.1. The second kappa shape index (κ2) is 19.1. The third-order valence-electron chi connectivity index (χ3n) is 5.32. The summed E-state index contributed by atoms with van der Waals surface area (Å²) in [5.74, 6) is -2.21. The molecule has 2 aliphatic carbocycles. The molecule has 6 rings (SSSR count). The molecule has 0 bridgehead atoms. The van der Waals surface area contributed by atoms with Crippen molar-refractivity contribution < 1.29 is 48.8 Å². The Hall–Kier alpha value is -4.13. The maximum atomic E-state index is 13.2. The fourth-order valence-corrected chi connectivity index (χ4v) is 3.16. The average molecular weight is 616 g/mol. The molecule has 2 aliphatic rings. The summed E-state index contributed by atoms with van der Waals surface area (Å²) >= 11 is 0. The predicted molar refractivity (Wildman–Crippen MR) is 156 cm³/mol. The predicted octanol–water partition coefficient (Wildman–Crippen LogP) is 10.3. The van der Waals surface area contributed by atoms with Crippen LogP contribution in [-0.2, 0) is 21.7 Å². The SMILES string of the molecule is Cc1ccc(Oc2ccc(F)[c-]c2F)cc1.Cc1ccc(Oc2ccc(F)[c-]c2F)cc1.[C-]1=CC=CC1.[C-]1=CC=CC1.[Ti+4]. The van der Waals surface area contributed by atoms with E-state index in [9.17, 15) is 17.6 Å². The van der Waals surface area contributed by atoms with Crippen molar-refractivity contribution >= 4 is 0 Å². The van der Waals surface area contributed by atoms with Gasteiger partial charge in [0.15, 0.2) is 0 Å². The molecule has 0 atom stereocenters. The van der Waals surface area contributed by atoms with Gasteiger partial charge in [0.1, 0.15) is 11.5 Å². The summed E-state index contributed by atoms with van der Waals surface area (Å²) in [4.78, 5) is 0. The van der Waals surface area contributed by atoms with Crippen LogP contribution in [0.1, 0.15) is 24.0 Å². The minimum absolute atomic E-state index is 0. The molecule has 7 heteroatoms. The molecule has 0 saturated heterocycles. The first-order chi connectivity index (χ1) is 20.3. The van der Waals surface area contributed by atoms with Crippen molar-refractivity contribution in [2.45, 2.75) is 26.7 Å². The summed E-state index contributed by atoms with van der Waals surface area (Å²) in [6.45, 7) is 3.88. The molecule has 0 aromatic heterocycles. The quantitative estimate of drug-likeness (QED) is 0.129. The van der Waals surface area contributed by atoms with Crippen molar-refractivity contribution in [3.63, 3.8) is 0 Å². The van der Waals surface area contributed by atoms with Gasteiger partial charge in [-0.2, -0.15) is 12.2 Å². The number of aryl methyl sites for hydroxylation is 2. The summed E-state index contributed by atoms with van der Waals surface area (Å²) in [7, 11) is 0. The van der Waals surface area contributed by atoms with Crippen LogP contribution in [-0.4, -0.2) is 0 Å². The number of hydrogen-bond donors (Lipinski definition) is 0. The van der Waals surface area contributed by atoms with E-state index in [0.717, 1.165) is 36.1 Å². The first kappa shape index (κ1) is 35.1. The zero-order valence-electron chi connectivity index (χ0n) is 23.6. The van der Waals surface area contributed by atoms with Crippen LogP contribution in [0.4, 0.5) is 17.6 Å². The standard InChI is InChI=1S/2C13H9F2O.2C5H5.Ti/c2*1-9-2-5-11(6-3-9)16-13-7-4-10(14)8-12(13)15;2*1-2-4-5-3-1;/h2*2-7H,1H3;2*1-3H,4H2;/q4*-1;+4. The maximum absolute atomic E-state index is 13.2. The Labute approximate surface area is 265 Å². The van der Waals surface area contributed by atoms with Gasteiger partial charge >= 0.3 is 21.7 Å². The second-order valence-electron chi connectivity index (χ2n) is 8.81. The number of hydrogen-bond acceptors (Lipinski definition) is 2. The fraction of sp³-hybridized carbons (Fsp3) is 0.111. The summed E-state index contributed by atoms with van der Waals surface area (Å²) in [6, 6.07) is 22.8. The third-order valence-corrected chi connectivity index (χ3v) is 5.32. The van der Waals surface area contributed by atoms with Crippen LogP contribution in [0.15, 0.2) is 109 Å². The van der Waals surface area contributed by atoms with Crippen LogP contribution in [0.5, 0.6) is 23.0 Å². The van der Waals surface area contributed by atoms with Crippen LogP contribution in [0, 0.1) is 61.4 Å². The van der Waals surface area contributed by atoms with E-state index in [0.29, 0.717) is 11.5 Å². The second-order valence-corrected chi connectivity index (χ2v) is 8.81. The Bertz CT molecular complexity index is 1390. The van der Waals surface area contributed by atoms with Crippen LogP contribution in [0.2, 0.25) is 0 Å². The minimum atomic E-state index is -0.833. The Morgan fingerprint density at radius 1 is 0.535 bits per heavy atom. The van der Waals surface area contributed by atoms with Crippen molar-refractivity contribution in [3.05, 3.63) is 168 Å². The molecule has 0 fully saturated rings. The van der Waals surface area contributed by atoms with Gasteiger partial charge in [0.2, 0.25) is 0 Å². The zero-order chi connectivity index (χ0) is 30.2. The van der Waals surface area contributed by atoms with Gasteiger partial charge < -0.3 is 9.47 Å². The monoisotopic (exact) mass is 616 g/mol. The average Bonchev–Trinajstić information content (AvgIpc) is 3.75. The molecule has 216 valence electrons. The van der Waals surface area contributed by atoms with Crippen molar-refractivity contribution in [1.29, 1.82) is 0 Å². The maximum Gasteiger partial charge on any atom is 4.00 e. The molecular formula is C36H28F4O2Ti. The Kier molecular flexibility index (Phi) is 15.6. The Balaban J connectivity index is 0.000000223. The zero-order valence-corrected chi connectivity index (χ0v) is 25.2. The molecule has 0 unspecified atom stereocenters. The van der Waals surface area contributed by atoms with Gasteiger partial charge in [0, 0.05) is 23.1 Å². The largest absolute Gasteiger partial charge is 4.00 e. The van der Waals surface area contributed by atoms with E-state index in [1.807, 2.05) is 74.5 Å². The van der Waals surface area contributed by atoms with E-state index < -0.39 is 23.3 Å². The Morgan fingerprint density at radius 3 is 1.16 bits per heavy atom. The smallest absolute Gasteiger partial charge is 0.514 e. The molecule has 43 heavy (non-hydrogen) atoms. The normalized spacial score (nSPS) is 11.7. The molecule has 0 spiro atoms. The first-order valence-corrected chi connectivity index (χ1v) is 13.0. The van der Waals surface area contributed by atoms with E-state index in [1.165, 1.54) is 12.1 Å². The molecule has 0 amide bonds. The van der Waals surface area contributed by atoms with Crippen molar-refractivity contribution in [1.82, 2.24) is 0 Å². The number of rotatable bonds is 4. The molecular weight excluding hydrogens is 588 g/mol. The van der Waals surface area contributed by atoms with Crippen molar-refractivity contribution in [2.24, 2.45) is 0 Å². The van der Waals surface area contributed by atoms with Crippen LogP contribution < -0.4 is 9.47 Å². The van der Waals surface area contributed by atoms with Gasteiger partial charge in [0.05, 0.1) is 11.6 Å². The van der Waals surface area contributed by atoms with E-state index >= 15 is 0 Å². The fourth-order valence-electron chi connectivity index (χ4n) is 3.16. The van der Waals surface area contributed by atoms with E-state index in [1.54, 1.807) is 24.3 Å². The molecule has 0 radical (unpaired) electrons. The molecule has 4 aromatic rings. The summed E-state index contributed by atoms with van der Waals surface area (Å²) in [5, 5.41) is 0. The van der Waals surface area contributed by atoms with Crippen molar-refractivity contribution in [3.8, 4) is 23.0 Å². The first-order valence-electron chi connectivity index (χ1n) is 13.0. The van der Waals surface area contributed by atoms with Crippen LogP contribution in [0.25, 0.3) is 0 Å². The van der Waals surface area contributed by atoms with Crippen LogP contribution in [0.3, 0.4) is 0 Å². The van der Waals surface area contributed by atoms with Gasteiger partial charge in [-0.15, -0.1) is 49.2 Å². The van der Waals surface area contributed by atoms with E-state index in [-0.39, 0.29) is 33.2 Å². The minimum Gasteiger partial charge on any atom is -0.514 e. The van der Waals surface area contributed by atoms with Gasteiger partial charge in [-0.05, 0) is 38.1 Å². The van der Waals surface area contributed by atoms with Crippen LogP contribution >= 0.6 is 0 Å². The van der Waals surface area contributed by atoms with Gasteiger partial charge in [-0.3, -0.25) is 12.2 Å². The van der Waals surface area contributed by atoms with Crippen molar-refractivity contribution in [2.75, 3.05) is 0 Å². The van der Waals surface area contributed by atoms with Gasteiger partial charge in [-0.25, -0.2) is 41.9 Å². The molecule has 0 saturated carbocycles. The summed E-state index contributed by atoms with van der Waals surface area (Å²) in [6.07, 6.45) is 20.0. The number of allylic oxidation sites excluding steroid dienone is 8. The van der Waals surface area contributed by atoms with E-state index in [2.05, 4.69) is 24.3 Å². The van der Waals surface area contributed by atoms with E-state index in [4.69, 9.17) is 9.47 Å². The van der Waals surface area contributed by atoms with Gasteiger partial charge in [-0.1, -0.05) is 35.4 Å². The third kappa shape index (κ3) is 13.6. The molecule has 0 aliphatic heterocycles. The molecule has 4 aromatic carbocycles. The topological polar surface area (TPSA) is 18.5 Å². The molecule has 0 N–H and O–H groups in total. The molecule has 2 nitrogen and oxygen atoms in total. The number of halogens is 4. The van der Waals surface area contributed by atoms with Gasteiger partial charge in [0.25, 0.3) is 0 Å². The summed E-state index contributed by atoms with van der Waals surface area (Å²) in [5.41, 5.74) is 2.16. The number of benzene rings is 4. The Morgan fingerprint density at radius 2 is 0.907 bits per heavy atom.